The third kappa shape index (κ3) is 6.04. The fourth-order valence-corrected chi connectivity index (χ4v) is 4.33. The summed E-state index contributed by atoms with van der Waals surface area (Å²) in [6.45, 7) is 5.74. The highest BCUT2D eigenvalue weighted by Gasteiger charge is 2.21. The van der Waals surface area contributed by atoms with Crippen molar-refractivity contribution in [2.45, 2.75) is 44.1 Å². The van der Waals surface area contributed by atoms with Gasteiger partial charge in [0.1, 0.15) is 11.9 Å². The minimum absolute atomic E-state index is 0.0410. The van der Waals surface area contributed by atoms with Gasteiger partial charge in [-0.1, -0.05) is 25.1 Å². The standard InChI is InChI=1S/C23H30O6S/c1-3-18-7-10-21(11-8-18)30(24,25)29-15-14-26-17-23-22-12-9-20(27-4-2)16-19(22)6-5-13-28-23/h7-12,16,23H,3-6,13-15,17H2,1-2H3. The van der Waals surface area contributed by atoms with Crippen LogP contribution in [0.15, 0.2) is 47.4 Å². The molecule has 0 saturated heterocycles. The highest BCUT2D eigenvalue weighted by atomic mass is 32.2. The van der Waals surface area contributed by atoms with E-state index in [0.717, 1.165) is 36.1 Å². The zero-order chi connectivity index (χ0) is 21.4. The van der Waals surface area contributed by atoms with E-state index in [0.29, 0.717) is 19.8 Å². The minimum Gasteiger partial charge on any atom is -0.494 e. The molecule has 3 rings (SSSR count). The molecule has 2 aromatic rings. The van der Waals surface area contributed by atoms with E-state index in [4.69, 9.17) is 18.4 Å². The van der Waals surface area contributed by atoms with Crippen LogP contribution in [-0.2, 0) is 36.6 Å². The zero-order valence-electron chi connectivity index (χ0n) is 17.6. The van der Waals surface area contributed by atoms with Gasteiger partial charge in [0.25, 0.3) is 10.1 Å². The lowest BCUT2D eigenvalue weighted by molar-refractivity contribution is -0.0209. The summed E-state index contributed by atoms with van der Waals surface area (Å²) in [4.78, 5) is 0.158. The Labute approximate surface area is 179 Å². The van der Waals surface area contributed by atoms with Crippen LogP contribution >= 0.6 is 0 Å². The molecule has 0 saturated carbocycles. The molecule has 0 amide bonds. The van der Waals surface area contributed by atoms with Crippen LogP contribution in [0, 0.1) is 0 Å². The summed E-state index contributed by atoms with van der Waals surface area (Å²) in [7, 11) is -3.78. The maximum absolute atomic E-state index is 12.3. The summed E-state index contributed by atoms with van der Waals surface area (Å²) in [5.74, 6) is 0.864. The smallest absolute Gasteiger partial charge is 0.297 e. The predicted octanol–water partition coefficient (Wildman–Crippen LogP) is 4.07. The Balaban J connectivity index is 1.50. The van der Waals surface area contributed by atoms with E-state index < -0.39 is 10.1 Å². The number of rotatable bonds is 10. The quantitative estimate of drug-likeness (QED) is 0.415. The van der Waals surface area contributed by atoms with Crippen molar-refractivity contribution in [1.82, 2.24) is 0 Å². The SMILES string of the molecule is CCOc1ccc2c(c1)CCCOC2COCCOS(=O)(=O)c1ccc(CC)cc1. The van der Waals surface area contributed by atoms with Gasteiger partial charge in [0.2, 0.25) is 0 Å². The van der Waals surface area contributed by atoms with Gasteiger partial charge in [-0.05, 0) is 67.1 Å². The third-order valence-corrected chi connectivity index (χ3v) is 6.36. The molecule has 30 heavy (non-hydrogen) atoms. The molecule has 2 aromatic carbocycles. The summed E-state index contributed by atoms with van der Waals surface area (Å²) in [6, 6.07) is 12.8. The van der Waals surface area contributed by atoms with Crippen molar-refractivity contribution >= 4 is 10.1 Å². The largest absolute Gasteiger partial charge is 0.494 e. The topological polar surface area (TPSA) is 71.1 Å². The fourth-order valence-electron chi connectivity index (χ4n) is 3.44. The Kier molecular flexibility index (Phi) is 8.27. The number of hydrogen-bond acceptors (Lipinski definition) is 6. The molecule has 0 bridgehead atoms. The maximum Gasteiger partial charge on any atom is 0.297 e. The number of hydrogen-bond donors (Lipinski definition) is 0. The van der Waals surface area contributed by atoms with Crippen molar-refractivity contribution in [3.63, 3.8) is 0 Å². The second-order valence-corrected chi connectivity index (χ2v) is 8.72. The molecule has 0 fully saturated rings. The van der Waals surface area contributed by atoms with Crippen molar-refractivity contribution < 1.29 is 26.8 Å². The molecule has 0 aromatic heterocycles. The van der Waals surface area contributed by atoms with Gasteiger partial charge in [0, 0.05) is 6.61 Å². The zero-order valence-corrected chi connectivity index (χ0v) is 18.4. The van der Waals surface area contributed by atoms with Crippen LogP contribution in [0.25, 0.3) is 0 Å². The molecule has 7 heteroatoms. The molecule has 0 radical (unpaired) electrons. The summed E-state index contributed by atoms with van der Waals surface area (Å²) in [5, 5.41) is 0. The van der Waals surface area contributed by atoms with Gasteiger partial charge >= 0.3 is 0 Å². The molecule has 1 aliphatic heterocycles. The lowest BCUT2D eigenvalue weighted by atomic mass is 10.00. The van der Waals surface area contributed by atoms with Gasteiger partial charge in [-0.25, -0.2) is 0 Å². The summed E-state index contributed by atoms with van der Waals surface area (Å²) < 4.78 is 46.9. The van der Waals surface area contributed by atoms with Crippen molar-refractivity contribution in [2.24, 2.45) is 0 Å². The third-order valence-electron chi connectivity index (χ3n) is 5.04. The van der Waals surface area contributed by atoms with E-state index in [2.05, 4.69) is 6.07 Å². The summed E-state index contributed by atoms with van der Waals surface area (Å²) in [6.07, 6.45) is 2.55. The summed E-state index contributed by atoms with van der Waals surface area (Å²) >= 11 is 0. The summed E-state index contributed by atoms with van der Waals surface area (Å²) in [5.41, 5.74) is 3.39. The fraction of sp³-hybridized carbons (Fsp3) is 0.478. The lowest BCUT2D eigenvalue weighted by Gasteiger charge is -2.19. The van der Waals surface area contributed by atoms with Crippen LogP contribution in [0.1, 0.15) is 43.1 Å². The van der Waals surface area contributed by atoms with Crippen LogP contribution in [-0.4, -0.2) is 41.5 Å². The normalized spacial score (nSPS) is 16.7. The van der Waals surface area contributed by atoms with E-state index in [1.54, 1.807) is 24.3 Å². The van der Waals surface area contributed by atoms with Crippen LogP contribution < -0.4 is 4.74 Å². The molecule has 1 unspecified atom stereocenters. The van der Waals surface area contributed by atoms with Crippen molar-refractivity contribution in [2.75, 3.05) is 33.0 Å². The van der Waals surface area contributed by atoms with Crippen molar-refractivity contribution in [3.05, 3.63) is 59.2 Å². The van der Waals surface area contributed by atoms with Crippen molar-refractivity contribution in [1.29, 1.82) is 0 Å². The number of ether oxygens (including phenoxy) is 3. The van der Waals surface area contributed by atoms with E-state index in [1.165, 1.54) is 5.56 Å². The average Bonchev–Trinajstić information content (AvgIpc) is 2.95. The highest BCUT2D eigenvalue weighted by molar-refractivity contribution is 7.86. The van der Waals surface area contributed by atoms with Crippen LogP contribution in [0.2, 0.25) is 0 Å². The highest BCUT2D eigenvalue weighted by Crippen LogP contribution is 2.30. The van der Waals surface area contributed by atoms with Gasteiger partial charge in [-0.15, -0.1) is 0 Å². The molecule has 0 aliphatic carbocycles. The Bertz CT molecular complexity index is 908. The first-order valence-electron chi connectivity index (χ1n) is 10.5. The second kappa shape index (κ2) is 10.9. The van der Waals surface area contributed by atoms with Gasteiger partial charge < -0.3 is 14.2 Å². The second-order valence-electron chi connectivity index (χ2n) is 7.11. The first-order chi connectivity index (χ1) is 14.5. The van der Waals surface area contributed by atoms with Crippen LogP contribution in [0.5, 0.6) is 5.75 Å². The van der Waals surface area contributed by atoms with Gasteiger partial charge in [0.15, 0.2) is 0 Å². The Morgan fingerprint density at radius 2 is 1.87 bits per heavy atom. The van der Waals surface area contributed by atoms with E-state index in [9.17, 15) is 8.42 Å². The molecule has 6 nitrogen and oxygen atoms in total. The molecule has 1 aliphatic rings. The monoisotopic (exact) mass is 434 g/mol. The first kappa shape index (κ1) is 22.7. The number of aryl methyl sites for hydroxylation is 2. The molecule has 0 N–H and O–H groups in total. The maximum atomic E-state index is 12.3. The Morgan fingerprint density at radius 1 is 1.07 bits per heavy atom. The minimum atomic E-state index is -3.78. The molecule has 1 heterocycles. The molecular weight excluding hydrogens is 404 g/mol. The lowest BCUT2D eigenvalue weighted by Crippen LogP contribution is -2.16. The van der Waals surface area contributed by atoms with Crippen LogP contribution in [0.4, 0.5) is 0 Å². The average molecular weight is 435 g/mol. The number of fused-ring (bicyclic) bond motifs is 1. The Hall–Kier alpha value is -1.93. The van der Waals surface area contributed by atoms with Gasteiger partial charge in [-0.2, -0.15) is 8.42 Å². The molecular formula is C23H30O6S. The Morgan fingerprint density at radius 3 is 2.60 bits per heavy atom. The molecule has 1 atom stereocenters. The molecule has 0 spiro atoms. The first-order valence-corrected chi connectivity index (χ1v) is 11.9. The number of benzene rings is 2. The van der Waals surface area contributed by atoms with Crippen molar-refractivity contribution in [3.8, 4) is 5.75 Å². The van der Waals surface area contributed by atoms with E-state index in [-0.39, 0.29) is 24.2 Å². The molecule has 164 valence electrons. The van der Waals surface area contributed by atoms with E-state index in [1.807, 2.05) is 26.0 Å². The van der Waals surface area contributed by atoms with Crippen LogP contribution in [0.3, 0.4) is 0 Å². The predicted molar refractivity (Wildman–Crippen MR) is 114 cm³/mol. The van der Waals surface area contributed by atoms with Gasteiger partial charge in [-0.3, -0.25) is 4.18 Å². The van der Waals surface area contributed by atoms with E-state index >= 15 is 0 Å². The van der Waals surface area contributed by atoms with Gasteiger partial charge in [0.05, 0.1) is 31.3 Å².